The van der Waals surface area contributed by atoms with E-state index in [9.17, 15) is 9.18 Å². The van der Waals surface area contributed by atoms with Gasteiger partial charge in [0.05, 0.1) is 12.6 Å². The Labute approximate surface area is 158 Å². The molecule has 5 atom stereocenters. The highest BCUT2D eigenvalue weighted by Crippen LogP contribution is 2.56. The van der Waals surface area contributed by atoms with E-state index in [0.717, 1.165) is 30.6 Å². The molecule has 1 heterocycles. The lowest BCUT2D eigenvalue weighted by Crippen LogP contribution is -2.42. The van der Waals surface area contributed by atoms with Gasteiger partial charge in [0.2, 0.25) is 0 Å². The number of hydrogen-bond acceptors (Lipinski definition) is 2. The van der Waals surface area contributed by atoms with Crippen molar-refractivity contribution >= 4 is 6.03 Å². The van der Waals surface area contributed by atoms with Crippen molar-refractivity contribution in [2.24, 2.45) is 11.8 Å². The zero-order chi connectivity index (χ0) is 18.4. The summed E-state index contributed by atoms with van der Waals surface area (Å²) in [6.07, 6.45) is 1.80. The topological polar surface area (TPSA) is 50.4 Å². The smallest absolute Gasteiger partial charge is 0.315 e. The summed E-state index contributed by atoms with van der Waals surface area (Å²) in [7, 11) is 0. The van der Waals surface area contributed by atoms with E-state index in [1.165, 1.54) is 11.6 Å². The maximum Gasteiger partial charge on any atom is 0.315 e. The van der Waals surface area contributed by atoms with Gasteiger partial charge in [-0.1, -0.05) is 36.4 Å². The van der Waals surface area contributed by atoms with Gasteiger partial charge in [-0.15, -0.1) is 0 Å². The lowest BCUT2D eigenvalue weighted by atomic mass is 9.92. The fourth-order valence-electron chi connectivity index (χ4n) is 4.86. The summed E-state index contributed by atoms with van der Waals surface area (Å²) in [6, 6.07) is 15.1. The third-order valence-electron chi connectivity index (χ3n) is 6.27. The molecule has 1 saturated heterocycles. The van der Waals surface area contributed by atoms with Gasteiger partial charge in [-0.05, 0) is 47.6 Å². The number of amides is 2. The number of benzene rings is 2. The molecule has 2 fully saturated rings. The molecule has 0 radical (unpaired) electrons. The molecule has 2 amide bonds. The van der Waals surface area contributed by atoms with Gasteiger partial charge in [0.15, 0.2) is 0 Å². The molecule has 27 heavy (non-hydrogen) atoms. The largest absolute Gasteiger partial charge is 0.381 e. The van der Waals surface area contributed by atoms with Crippen molar-refractivity contribution in [3.63, 3.8) is 0 Å². The summed E-state index contributed by atoms with van der Waals surface area (Å²) in [5.41, 5.74) is 3.39. The Morgan fingerprint density at radius 3 is 2.81 bits per heavy atom. The predicted octanol–water partition coefficient (Wildman–Crippen LogP) is 3.54. The van der Waals surface area contributed by atoms with Crippen LogP contribution in [0.3, 0.4) is 0 Å². The van der Waals surface area contributed by atoms with E-state index < -0.39 is 0 Å². The van der Waals surface area contributed by atoms with Crippen LogP contribution in [0.4, 0.5) is 9.18 Å². The first-order valence-corrected chi connectivity index (χ1v) is 9.69. The number of fused-ring (bicyclic) bond motifs is 3. The molecule has 2 aliphatic carbocycles. The lowest BCUT2D eigenvalue weighted by molar-refractivity contribution is 0.176. The van der Waals surface area contributed by atoms with E-state index in [1.807, 2.05) is 24.3 Å². The van der Waals surface area contributed by atoms with E-state index >= 15 is 0 Å². The van der Waals surface area contributed by atoms with E-state index in [2.05, 4.69) is 22.8 Å². The molecule has 4 nitrogen and oxygen atoms in total. The van der Waals surface area contributed by atoms with E-state index in [1.54, 1.807) is 6.07 Å². The summed E-state index contributed by atoms with van der Waals surface area (Å²) >= 11 is 0. The molecule has 5 heteroatoms. The molecule has 5 rings (SSSR count). The lowest BCUT2D eigenvalue weighted by Gasteiger charge is -2.24. The number of carbonyl (C=O) groups is 1. The molecule has 2 aromatic carbocycles. The van der Waals surface area contributed by atoms with Gasteiger partial charge in [0.25, 0.3) is 0 Å². The number of rotatable bonds is 4. The molecule has 0 bridgehead atoms. The average molecular weight is 366 g/mol. The molecule has 2 N–H and O–H groups in total. The fourth-order valence-corrected chi connectivity index (χ4v) is 4.86. The minimum absolute atomic E-state index is 0.0475. The quantitative estimate of drug-likeness (QED) is 0.870. The first-order chi connectivity index (χ1) is 13.2. The standard InChI is InChI=1S/C22H23FN2O2/c23-16-6-7-17-15(10-16)11-18-19(17)21(18)25-22(26)24-20(14-8-9-27-12-14)13-4-2-1-3-5-13/h1-7,10,14,18-21H,8-9,11-12H2,(H2,24,25,26). The third kappa shape index (κ3) is 3.10. The third-order valence-corrected chi connectivity index (χ3v) is 6.27. The van der Waals surface area contributed by atoms with Crippen LogP contribution in [0.2, 0.25) is 0 Å². The normalized spacial score (nSPS) is 28.9. The van der Waals surface area contributed by atoms with Crippen LogP contribution in [0, 0.1) is 17.7 Å². The number of ether oxygens (including phenoxy) is 1. The molecule has 0 spiro atoms. The van der Waals surface area contributed by atoms with Crippen molar-refractivity contribution < 1.29 is 13.9 Å². The van der Waals surface area contributed by atoms with Crippen molar-refractivity contribution in [1.82, 2.24) is 10.6 Å². The first-order valence-electron chi connectivity index (χ1n) is 9.69. The van der Waals surface area contributed by atoms with Crippen LogP contribution < -0.4 is 10.6 Å². The Morgan fingerprint density at radius 2 is 2.04 bits per heavy atom. The van der Waals surface area contributed by atoms with Crippen LogP contribution in [-0.2, 0) is 11.2 Å². The molecular weight excluding hydrogens is 343 g/mol. The maximum absolute atomic E-state index is 13.4. The number of hydrogen-bond donors (Lipinski definition) is 2. The zero-order valence-corrected chi connectivity index (χ0v) is 15.0. The molecule has 2 aromatic rings. The summed E-state index contributed by atoms with van der Waals surface area (Å²) in [6.45, 7) is 1.42. The Bertz CT molecular complexity index is 851. The summed E-state index contributed by atoms with van der Waals surface area (Å²) in [5, 5.41) is 6.33. The van der Waals surface area contributed by atoms with Crippen LogP contribution in [0.1, 0.15) is 35.1 Å². The number of halogens is 1. The SMILES string of the molecule is O=C(NC(c1ccccc1)C1CCOC1)NC1C2Cc3cc(F)ccc3C21. The average Bonchev–Trinajstić information content (AvgIpc) is 3.07. The summed E-state index contributed by atoms with van der Waals surface area (Å²) < 4.78 is 18.9. The Kier molecular flexibility index (Phi) is 4.12. The zero-order valence-electron chi connectivity index (χ0n) is 15.0. The van der Waals surface area contributed by atoms with Gasteiger partial charge in [-0.2, -0.15) is 0 Å². The Morgan fingerprint density at radius 1 is 1.19 bits per heavy atom. The van der Waals surface area contributed by atoms with Crippen LogP contribution in [0.25, 0.3) is 0 Å². The molecular formula is C22H23FN2O2. The highest BCUT2D eigenvalue weighted by atomic mass is 19.1. The molecule has 140 valence electrons. The second-order valence-electron chi connectivity index (χ2n) is 7.89. The number of urea groups is 1. The second-order valence-corrected chi connectivity index (χ2v) is 7.89. The highest BCUT2D eigenvalue weighted by molar-refractivity contribution is 5.76. The van der Waals surface area contributed by atoms with E-state index in [4.69, 9.17) is 4.74 Å². The van der Waals surface area contributed by atoms with Crippen molar-refractivity contribution in [2.45, 2.75) is 30.8 Å². The van der Waals surface area contributed by atoms with Crippen molar-refractivity contribution in [2.75, 3.05) is 13.2 Å². The minimum Gasteiger partial charge on any atom is -0.381 e. The van der Waals surface area contributed by atoms with Gasteiger partial charge in [-0.3, -0.25) is 0 Å². The van der Waals surface area contributed by atoms with Gasteiger partial charge < -0.3 is 15.4 Å². The van der Waals surface area contributed by atoms with Gasteiger partial charge in [0.1, 0.15) is 5.82 Å². The predicted molar refractivity (Wildman–Crippen MR) is 99.9 cm³/mol. The van der Waals surface area contributed by atoms with E-state index in [0.29, 0.717) is 24.4 Å². The Balaban J connectivity index is 1.26. The first kappa shape index (κ1) is 16.8. The minimum atomic E-state index is -0.179. The Hall–Kier alpha value is -2.40. The molecule has 1 saturated carbocycles. The summed E-state index contributed by atoms with van der Waals surface area (Å²) in [4.78, 5) is 12.7. The van der Waals surface area contributed by atoms with Crippen LogP contribution in [0.15, 0.2) is 48.5 Å². The highest BCUT2D eigenvalue weighted by Gasteiger charge is 2.56. The second kappa shape index (κ2) is 6.64. The summed E-state index contributed by atoms with van der Waals surface area (Å²) in [5.74, 6) is 0.844. The molecule has 3 aliphatic rings. The van der Waals surface area contributed by atoms with Crippen molar-refractivity contribution in [1.29, 1.82) is 0 Å². The molecule has 1 aliphatic heterocycles. The molecule has 0 aromatic heterocycles. The van der Waals surface area contributed by atoms with Gasteiger partial charge in [0, 0.05) is 24.5 Å². The molecule has 5 unspecified atom stereocenters. The number of carbonyl (C=O) groups excluding carboxylic acids is 1. The van der Waals surface area contributed by atoms with Crippen molar-refractivity contribution in [3.05, 3.63) is 71.0 Å². The van der Waals surface area contributed by atoms with Crippen molar-refractivity contribution in [3.8, 4) is 0 Å². The maximum atomic E-state index is 13.4. The van der Waals surface area contributed by atoms with E-state index in [-0.39, 0.29) is 23.9 Å². The fraction of sp³-hybridized carbons (Fsp3) is 0.409. The van der Waals surface area contributed by atoms with Crippen LogP contribution >= 0.6 is 0 Å². The number of nitrogens with one attached hydrogen (secondary N) is 2. The van der Waals surface area contributed by atoms with Crippen LogP contribution in [0.5, 0.6) is 0 Å². The van der Waals surface area contributed by atoms with Gasteiger partial charge in [-0.25, -0.2) is 9.18 Å². The van der Waals surface area contributed by atoms with Crippen LogP contribution in [-0.4, -0.2) is 25.3 Å². The van der Waals surface area contributed by atoms with Gasteiger partial charge >= 0.3 is 6.03 Å². The monoisotopic (exact) mass is 366 g/mol.